The van der Waals surface area contributed by atoms with Crippen LogP contribution in [0.25, 0.3) is 0 Å². The maximum Gasteiger partial charge on any atom is 0.0159 e. The van der Waals surface area contributed by atoms with Crippen molar-refractivity contribution in [1.82, 2.24) is 5.32 Å². The van der Waals surface area contributed by atoms with E-state index in [-0.39, 0.29) is 0 Å². The highest BCUT2D eigenvalue weighted by Gasteiger charge is 2.38. The van der Waals surface area contributed by atoms with Gasteiger partial charge in [-0.3, -0.25) is 0 Å². The van der Waals surface area contributed by atoms with Crippen LogP contribution in [0.1, 0.15) is 32.6 Å². The number of hydrogen-bond donors (Lipinski definition) is 1. The minimum Gasteiger partial charge on any atom is -0.313 e. The highest BCUT2D eigenvalue weighted by atomic mass is 14.9. The summed E-state index contributed by atoms with van der Waals surface area (Å²) < 4.78 is 0. The van der Waals surface area contributed by atoms with Gasteiger partial charge in [0.05, 0.1) is 0 Å². The molecule has 3 unspecified atom stereocenters. The molecule has 1 heteroatoms. The van der Waals surface area contributed by atoms with Gasteiger partial charge in [0.25, 0.3) is 0 Å². The molecule has 0 spiro atoms. The number of rotatable bonds is 4. The van der Waals surface area contributed by atoms with Gasteiger partial charge in [-0.1, -0.05) is 18.6 Å². The van der Waals surface area contributed by atoms with Crippen molar-refractivity contribution in [3.8, 4) is 0 Å². The fourth-order valence-electron chi connectivity index (χ4n) is 3.10. The van der Waals surface area contributed by atoms with Crippen molar-refractivity contribution in [2.75, 3.05) is 13.1 Å². The zero-order chi connectivity index (χ0) is 9.26. The van der Waals surface area contributed by atoms with E-state index in [2.05, 4.69) is 18.8 Å². The second-order valence-corrected chi connectivity index (χ2v) is 5.02. The molecule has 0 saturated heterocycles. The lowest BCUT2D eigenvalue weighted by Crippen LogP contribution is -2.27. The molecule has 0 amide bonds. The molecule has 2 rings (SSSR count). The second kappa shape index (κ2) is 3.83. The van der Waals surface area contributed by atoms with Gasteiger partial charge in [-0.05, 0) is 50.5 Å². The average molecular weight is 179 g/mol. The van der Waals surface area contributed by atoms with Crippen molar-refractivity contribution in [3.63, 3.8) is 0 Å². The summed E-state index contributed by atoms with van der Waals surface area (Å²) >= 11 is 0. The zero-order valence-electron chi connectivity index (χ0n) is 8.68. The van der Waals surface area contributed by atoms with Gasteiger partial charge in [0.1, 0.15) is 0 Å². The topological polar surface area (TPSA) is 12.0 Å². The Balaban J connectivity index is 1.68. The normalized spacial score (nSPS) is 36.8. The summed E-state index contributed by atoms with van der Waals surface area (Å²) in [5, 5.41) is 3.51. The van der Waals surface area contributed by atoms with E-state index in [4.69, 9.17) is 0 Å². The molecule has 2 aliphatic rings. The van der Waals surface area contributed by atoms with Crippen LogP contribution in [-0.4, -0.2) is 13.1 Å². The summed E-state index contributed by atoms with van der Waals surface area (Å²) in [6, 6.07) is 0. The molecule has 0 heterocycles. The van der Waals surface area contributed by atoms with Crippen molar-refractivity contribution in [3.05, 3.63) is 12.2 Å². The van der Waals surface area contributed by atoms with E-state index in [0.717, 1.165) is 24.3 Å². The molecule has 0 aromatic carbocycles. The molecule has 1 nitrogen and oxygen atoms in total. The molecule has 3 atom stereocenters. The molecule has 1 N–H and O–H groups in total. The Morgan fingerprint density at radius 3 is 2.77 bits per heavy atom. The number of fused-ring (bicyclic) bond motifs is 2. The molecule has 2 bridgehead atoms. The van der Waals surface area contributed by atoms with Crippen LogP contribution in [0.3, 0.4) is 0 Å². The maximum atomic E-state index is 3.90. The van der Waals surface area contributed by atoms with Crippen molar-refractivity contribution in [1.29, 1.82) is 0 Å². The minimum atomic E-state index is 0.984. The summed E-state index contributed by atoms with van der Waals surface area (Å²) in [7, 11) is 0. The molecule has 74 valence electrons. The molecule has 0 aliphatic heterocycles. The van der Waals surface area contributed by atoms with Gasteiger partial charge in [0.15, 0.2) is 0 Å². The molecule has 13 heavy (non-hydrogen) atoms. The average Bonchev–Trinajstić information content (AvgIpc) is 2.64. The number of nitrogens with one attached hydrogen (secondary N) is 1. The molecule has 2 saturated carbocycles. The van der Waals surface area contributed by atoms with Gasteiger partial charge in [0.2, 0.25) is 0 Å². The summed E-state index contributed by atoms with van der Waals surface area (Å²) in [5.74, 6) is 3.13. The van der Waals surface area contributed by atoms with E-state index < -0.39 is 0 Å². The van der Waals surface area contributed by atoms with Gasteiger partial charge in [0, 0.05) is 6.54 Å². The van der Waals surface area contributed by atoms with Crippen LogP contribution >= 0.6 is 0 Å². The van der Waals surface area contributed by atoms with Crippen molar-refractivity contribution in [2.24, 2.45) is 17.8 Å². The Bertz CT molecular complexity index is 197. The highest BCUT2D eigenvalue weighted by molar-refractivity contribution is 4.94. The lowest BCUT2D eigenvalue weighted by atomic mass is 9.89. The third-order valence-corrected chi connectivity index (χ3v) is 3.72. The van der Waals surface area contributed by atoms with Crippen molar-refractivity contribution >= 4 is 0 Å². The van der Waals surface area contributed by atoms with Gasteiger partial charge in [-0.25, -0.2) is 0 Å². The van der Waals surface area contributed by atoms with E-state index in [1.165, 1.54) is 37.8 Å². The van der Waals surface area contributed by atoms with Crippen LogP contribution in [0.4, 0.5) is 0 Å². The number of hydrogen-bond acceptors (Lipinski definition) is 1. The van der Waals surface area contributed by atoms with Crippen LogP contribution in [0.15, 0.2) is 12.2 Å². The Hall–Kier alpha value is -0.300. The standard InChI is InChI=1S/C12H21N/c1-9(2)7-13-8-12-6-10-3-4-11(12)5-10/h10-13H,1,3-8H2,2H3. The molecule has 2 aliphatic carbocycles. The third-order valence-electron chi connectivity index (χ3n) is 3.72. The van der Waals surface area contributed by atoms with Gasteiger partial charge < -0.3 is 5.32 Å². The fraction of sp³-hybridized carbons (Fsp3) is 0.833. The summed E-state index contributed by atoms with van der Waals surface area (Å²) in [6.07, 6.45) is 6.04. The van der Waals surface area contributed by atoms with Gasteiger partial charge in [-0.2, -0.15) is 0 Å². The monoisotopic (exact) mass is 179 g/mol. The molecular formula is C12H21N. The lowest BCUT2D eigenvalue weighted by Gasteiger charge is -2.21. The predicted molar refractivity (Wildman–Crippen MR) is 56.6 cm³/mol. The van der Waals surface area contributed by atoms with Crippen molar-refractivity contribution < 1.29 is 0 Å². The first-order valence-corrected chi connectivity index (χ1v) is 5.61. The highest BCUT2D eigenvalue weighted by Crippen LogP contribution is 2.47. The third kappa shape index (κ3) is 2.14. The quantitative estimate of drug-likeness (QED) is 0.654. The first-order chi connectivity index (χ1) is 6.25. The molecule has 0 radical (unpaired) electrons. The maximum absolute atomic E-state index is 3.90. The Kier molecular flexibility index (Phi) is 2.73. The summed E-state index contributed by atoms with van der Waals surface area (Å²) in [6.45, 7) is 8.23. The molecular weight excluding hydrogens is 158 g/mol. The largest absolute Gasteiger partial charge is 0.313 e. The van der Waals surface area contributed by atoms with Crippen LogP contribution in [0, 0.1) is 17.8 Å². The van der Waals surface area contributed by atoms with Crippen LogP contribution in [0.2, 0.25) is 0 Å². The van der Waals surface area contributed by atoms with Gasteiger partial charge in [-0.15, -0.1) is 0 Å². The van der Waals surface area contributed by atoms with E-state index in [9.17, 15) is 0 Å². The predicted octanol–water partition coefficient (Wildman–Crippen LogP) is 2.59. The fourth-order valence-corrected chi connectivity index (χ4v) is 3.10. The van der Waals surface area contributed by atoms with Crippen LogP contribution < -0.4 is 5.32 Å². The van der Waals surface area contributed by atoms with E-state index in [1.54, 1.807) is 0 Å². The second-order valence-electron chi connectivity index (χ2n) is 5.02. The first-order valence-electron chi connectivity index (χ1n) is 5.61. The van der Waals surface area contributed by atoms with E-state index >= 15 is 0 Å². The first kappa shape index (κ1) is 9.26. The lowest BCUT2D eigenvalue weighted by molar-refractivity contribution is 0.322. The molecule has 2 fully saturated rings. The SMILES string of the molecule is C=C(C)CNCC1CC2CCC1C2. The summed E-state index contributed by atoms with van der Waals surface area (Å²) in [5.41, 5.74) is 1.25. The zero-order valence-corrected chi connectivity index (χ0v) is 8.68. The molecule has 0 aromatic rings. The van der Waals surface area contributed by atoms with Crippen molar-refractivity contribution in [2.45, 2.75) is 32.6 Å². The van der Waals surface area contributed by atoms with E-state index in [1.807, 2.05) is 0 Å². The van der Waals surface area contributed by atoms with E-state index in [0.29, 0.717) is 0 Å². The Labute approximate surface area is 81.6 Å². The summed E-state index contributed by atoms with van der Waals surface area (Å²) in [4.78, 5) is 0. The minimum absolute atomic E-state index is 0.984. The molecule has 0 aromatic heterocycles. The van der Waals surface area contributed by atoms with Gasteiger partial charge >= 0.3 is 0 Å². The Morgan fingerprint density at radius 1 is 1.38 bits per heavy atom. The smallest absolute Gasteiger partial charge is 0.0159 e. The van der Waals surface area contributed by atoms with Crippen LogP contribution in [0.5, 0.6) is 0 Å². The Morgan fingerprint density at radius 2 is 2.23 bits per heavy atom. The van der Waals surface area contributed by atoms with Crippen LogP contribution in [-0.2, 0) is 0 Å².